The molecule has 5 nitrogen and oxygen atoms in total. The molecule has 0 radical (unpaired) electrons. The molecule has 0 bridgehead atoms. The Bertz CT molecular complexity index is 591. The smallest absolute Gasteiger partial charge is 0.336 e. The largest absolute Gasteiger partial charge is 0.493 e. The normalized spacial score (nSPS) is 10.8. The minimum absolute atomic E-state index is 0.353. The minimum Gasteiger partial charge on any atom is -0.493 e. The van der Waals surface area contributed by atoms with E-state index in [0.29, 0.717) is 31.0 Å². The molecule has 1 aromatic heterocycles. The molecule has 1 heterocycles. The molecule has 0 atom stereocenters. The maximum absolute atomic E-state index is 11.3. The first-order valence-electron chi connectivity index (χ1n) is 5.69. The van der Waals surface area contributed by atoms with Gasteiger partial charge in [0.05, 0.1) is 13.2 Å². The average Bonchev–Trinajstić information content (AvgIpc) is 2.34. The molecule has 2 aromatic rings. The third kappa shape index (κ3) is 2.88. The Hall–Kier alpha value is -1.85. The van der Waals surface area contributed by atoms with Gasteiger partial charge in [-0.2, -0.15) is 0 Å². The van der Waals surface area contributed by atoms with Crippen LogP contribution < -0.4 is 16.3 Å². The highest BCUT2D eigenvalue weighted by Gasteiger charge is 2.03. The van der Waals surface area contributed by atoms with Crippen LogP contribution in [-0.4, -0.2) is 13.2 Å². The fourth-order valence-corrected chi connectivity index (χ4v) is 1.73. The van der Waals surface area contributed by atoms with E-state index in [-0.39, 0.29) is 5.63 Å². The van der Waals surface area contributed by atoms with Gasteiger partial charge in [-0.05, 0) is 24.6 Å². The quantitative estimate of drug-likeness (QED) is 0.496. The Balaban J connectivity index is 2.19. The third-order valence-electron chi connectivity index (χ3n) is 2.60. The van der Waals surface area contributed by atoms with Crippen molar-refractivity contribution in [1.29, 1.82) is 0 Å². The lowest BCUT2D eigenvalue weighted by Gasteiger charge is -2.07. The van der Waals surface area contributed by atoms with Crippen molar-refractivity contribution in [3.8, 4) is 5.75 Å². The number of rotatable bonds is 5. The Morgan fingerprint density at radius 3 is 2.89 bits per heavy atom. The highest BCUT2D eigenvalue weighted by Crippen LogP contribution is 2.22. The van der Waals surface area contributed by atoms with Gasteiger partial charge in [-0.3, -0.25) is 0 Å². The lowest BCUT2D eigenvalue weighted by atomic mass is 10.1. The molecule has 0 aliphatic carbocycles. The number of aryl methyl sites for hydroxylation is 1. The van der Waals surface area contributed by atoms with Gasteiger partial charge in [0.15, 0.2) is 0 Å². The predicted octanol–water partition coefficient (Wildman–Crippen LogP) is 1.76. The summed E-state index contributed by atoms with van der Waals surface area (Å²) in [6.45, 7) is 2.82. The van der Waals surface area contributed by atoms with Gasteiger partial charge in [-0.15, -0.1) is 0 Å². The van der Waals surface area contributed by atoms with Gasteiger partial charge in [0.25, 0.3) is 0 Å². The van der Waals surface area contributed by atoms with Crippen LogP contribution in [0.5, 0.6) is 5.75 Å². The summed E-state index contributed by atoms with van der Waals surface area (Å²) < 4.78 is 10.6. The molecule has 0 amide bonds. The first-order valence-corrected chi connectivity index (χ1v) is 5.69. The lowest BCUT2D eigenvalue weighted by Crippen LogP contribution is -2.06. The molecule has 0 spiro atoms. The van der Waals surface area contributed by atoms with Crippen LogP contribution in [0.25, 0.3) is 11.0 Å². The van der Waals surface area contributed by atoms with Crippen LogP contribution in [-0.2, 0) is 4.84 Å². The van der Waals surface area contributed by atoms with Crippen molar-refractivity contribution in [2.75, 3.05) is 13.2 Å². The van der Waals surface area contributed by atoms with Gasteiger partial charge < -0.3 is 14.0 Å². The first kappa shape index (κ1) is 12.6. The van der Waals surface area contributed by atoms with E-state index in [1.165, 1.54) is 6.07 Å². The summed E-state index contributed by atoms with van der Waals surface area (Å²) in [5, 5.41) is 0.909. The Labute approximate surface area is 104 Å². The van der Waals surface area contributed by atoms with E-state index in [9.17, 15) is 4.79 Å². The van der Waals surface area contributed by atoms with Crippen LogP contribution in [0.2, 0.25) is 0 Å². The number of hydrogen-bond donors (Lipinski definition) is 1. The predicted molar refractivity (Wildman–Crippen MR) is 67.5 cm³/mol. The molecule has 96 valence electrons. The lowest BCUT2D eigenvalue weighted by molar-refractivity contribution is 0.122. The zero-order valence-corrected chi connectivity index (χ0v) is 10.1. The van der Waals surface area contributed by atoms with Crippen molar-refractivity contribution < 1.29 is 14.0 Å². The van der Waals surface area contributed by atoms with Gasteiger partial charge in [0.2, 0.25) is 0 Å². The molecule has 0 saturated heterocycles. The van der Waals surface area contributed by atoms with Crippen molar-refractivity contribution in [3.05, 3.63) is 40.2 Å². The average molecular weight is 249 g/mol. The molecule has 2 N–H and O–H groups in total. The molecule has 1 aromatic carbocycles. The summed E-state index contributed by atoms with van der Waals surface area (Å²) in [7, 11) is 0. The monoisotopic (exact) mass is 249 g/mol. The fourth-order valence-electron chi connectivity index (χ4n) is 1.73. The Morgan fingerprint density at radius 1 is 1.28 bits per heavy atom. The molecular formula is C13H15NO4. The highest BCUT2D eigenvalue weighted by atomic mass is 16.6. The molecule has 2 rings (SSSR count). The zero-order valence-electron chi connectivity index (χ0n) is 10.1. The maximum atomic E-state index is 11.3. The van der Waals surface area contributed by atoms with Crippen LogP contribution in [0.4, 0.5) is 0 Å². The van der Waals surface area contributed by atoms with Crippen molar-refractivity contribution in [1.82, 2.24) is 0 Å². The summed E-state index contributed by atoms with van der Waals surface area (Å²) in [4.78, 5) is 15.7. The van der Waals surface area contributed by atoms with Gasteiger partial charge in [0, 0.05) is 23.9 Å². The van der Waals surface area contributed by atoms with E-state index in [4.69, 9.17) is 15.1 Å². The maximum Gasteiger partial charge on any atom is 0.336 e. The second kappa shape index (κ2) is 5.66. The molecule has 0 aliphatic rings. The molecule has 18 heavy (non-hydrogen) atoms. The van der Waals surface area contributed by atoms with E-state index in [1.807, 2.05) is 19.1 Å². The number of hydrogen-bond acceptors (Lipinski definition) is 5. The summed E-state index contributed by atoms with van der Waals surface area (Å²) in [6.07, 6.45) is 0.701. The minimum atomic E-state index is -0.353. The van der Waals surface area contributed by atoms with E-state index in [1.54, 1.807) is 6.07 Å². The summed E-state index contributed by atoms with van der Waals surface area (Å²) in [5.74, 6) is 5.57. The number of fused-ring (bicyclic) bond motifs is 1. The molecule has 0 fully saturated rings. The van der Waals surface area contributed by atoms with E-state index in [0.717, 1.165) is 10.9 Å². The van der Waals surface area contributed by atoms with Crippen molar-refractivity contribution in [3.63, 3.8) is 0 Å². The first-order chi connectivity index (χ1) is 8.70. The zero-order chi connectivity index (χ0) is 13.0. The second-order valence-electron chi connectivity index (χ2n) is 3.98. The topological polar surface area (TPSA) is 74.7 Å². The van der Waals surface area contributed by atoms with Crippen molar-refractivity contribution >= 4 is 11.0 Å². The summed E-state index contributed by atoms with van der Waals surface area (Å²) in [5.41, 5.74) is 1.07. The molecular weight excluding hydrogens is 234 g/mol. The van der Waals surface area contributed by atoms with Crippen molar-refractivity contribution in [2.24, 2.45) is 5.90 Å². The number of benzene rings is 1. The fraction of sp³-hybridized carbons (Fsp3) is 0.308. The second-order valence-corrected chi connectivity index (χ2v) is 3.98. The third-order valence-corrected chi connectivity index (χ3v) is 2.60. The number of nitrogens with two attached hydrogens (primary N) is 1. The van der Waals surface area contributed by atoms with Crippen LogP contribution in [0.15, 0.2) is 33.5 Å². The molecule has 0 aliphatic heterocycles. The van der Waals surface area contributed by atoms with Crippen LogP contribution in [0, 0.1) is 6.92 Å². The Morgan fingerprint density at radius 2 is 2.11 bits per heavy atom. The molecule has 0 saturated carbocycles. The summed E-state index contributed by atoms with van der Waals surface area (Å²) >= 11 is 0. The van der Waals surface area contributed by atoms with E-state index in [2.05, 4.69) is 4.84 Å². The van der Waals surface area contributed by atoms with E-state index >= 15 is 0 Å². The molecule has 0 unspecified atom stereocenters. The van der Waals surface area contributed by atoms with Gasteiger partial charge in [-0.1, -0.05) is 0 Å². The van der Waals surface area contributed by atoms with Gasteiger partial charge in [-0.25, -0.2) is 10.7 Å². The van der Waals surface area contributed by atoms with E-state index < -0.39 is 0 Å². The SMILES string of the molecule is Cc1cc(=O)oc2cc(OCCCON)ccc12. The van der Waals surface area contributed by atoms with Gasteiger partial charge in [0.1, 0.15) is 11.3 Å². The van der Waals surface area contributed by atoms with Crippen LogP contribution >= 0.6 is 0 Å². The summed E-state index contributed by atoms with van der Waals surface area (Å²) in [6, 6.07) is 6.91. The Kier molecular flexibility index (Phi) is 3.96. The van der Waals surface area contributed by atoms with Crippen molar-refractivity contribution in [2.45, 2.75) is 13.3 Å². The van der Waals surface area contributed by atoms with Crippen LogP contribution in [0.1, 0.15) is 12.0 Å². The standard InChI is InChI=1S/C13H15NO4/c1-9-7-13(15)18-12-8-10(3-4-11(9)12)16-5-2-6-17-14/h3-4,7-8H,2,5-6,14H2,1H3. The molecule has 5 heteroatoms. The van der Waals surface area contributed by atoms with Gasteiger partial charge >= 0.3 is 5.63 Å². The highest BCUT2D eigenvalue weighted by molar-refractivity contribution is 5.81. The number of ether oxygens (including phenoxy) is 1. The van der Waals surface area contributed by atoms with Crippen LogP contribution in [0.3, 0.4) is 0 Å².